The number of hydrogen-bond acceptors (Lipinski definition) is 5. The summed E-state index contributed by atoms with van der Waals surface area (Å²) in [6, 6.07) is 23.1. The van der Waals surface area contributed by atoms with Crippen molar-refractivity contribution < 1.29 is 9.53 Å². The maximum Gasteiger partial charge on any atom is 0.343 e. The molecule has 4 rings (SSSR count). The third-order valence-electron chi connectivity index (χ3n) is 4.82. The summed E-state index contributed by atoms with van der Waals surface area (Å²) in [5.41, 5.74) is 3.63. The van der Waals surface area contributed by atoms with E-state index in [1.807, 2.05) is 54.6 Å². The van der Waals surface area contributed by atoms with Gasteiger partial charge in [0, 0.05) is 19.2 Å². The molecule has 0 aliphatic rings. The van der Waals surface area contributed by atoms with Crippen LogP contribution < -0.4 is 9.64 Å². The van der Waals surface area contributed by atoms with Crippen LogP contribution in [-0.4, -0.2) is 24.0 Å². The number of thiazole rings is 1. The molecule has 0 aliphatic heterocycles. The Balaban J connectivity index is 1.51. The number of rotatable bonds is 6. The molecule has 0 radical (unpaired) electrons. The predicted octanol–water partition coefficient (Wildman–Crippen LogP) is 6.03. The topological polar surface area (TPSA) is 42.4 Å². The van der Waals surface area contributed by atoms with E-state index < -0.39 is 0 Å². The largest absolute Gasteiger partial charge is 0.423 e. The van der Waals surface area contributed by atoms with Crippen molar-refractivity contribution in [2.24, 2.45) is 0 Å². The van der Waals surface area contributed by atoms with Crippen molar-refractivity contribution in [2.75, 3.05) is 18.0 Å². The molecule has 1 heterocycles. The first-order chi connectivity index (χ1) is 14.2. The predicted molar refractivity (Wildman–Crippen MR) is 120 cm³/mol. The molecule has 0 unspecified atom stereocenters. The van der Waals surface area contributed by atoms with Crippen LogP contribution >= 0.6 is 11.3 Å². The summed E-state index contributed by atoms with van der Waals surface area (Å²) in [5.74, 6) is 0.168. The van der Waals surface area contributed by atoms with Crippen LogP contribution in [0, 0.1) is 0 Å². The van der Waals surface area contributed by atoms with Gasteiger partial charge in [-0.3, -0.25) is 0 Å². The molecule has 4 aromatic rings. The quantitative estimate of drug-likeness (QED) is 0.292. The summed E-state index contributed by atoms with van der Waals surface area (Å²) in [7, 11) is 0. The molecular formula is C24H22N2O2S. The minimum atomic E-state index is -0.363. The Kier molecular flexibility index (Phi) is 5.58. The number of aromatic nitrogens is 1. The first-order valence-corrected chi connectivity index (χ1v) is 10.5. The zero-order chi connectivity index (χ0) is 20.2. The van der Waals surface area contributed by atoms with E-state index in [1.54, 1.807) is 29.5 Å². The lowest BCUT2D eigenvalue weighted by molar-refractivity contribution is 0.0735. The van der Waals surface area contributed by atoms with E-state index in [2.05, 4.69) is 23.7 Å². The second-order valence-electron chi connectivity index (χ2n) is 6.63. The van der Waals surface area contributed by atoms with Gasteiger partial charge >= 0.3 is 5.97 Å². The standard InChI is InChI=1S/C24H22N2O2S/c1-3-26(4-2)24-25-21-15-14-20(16-22(21)29-24)28-23(27)19-12-10-18(11-13-19)17-8-6-5-7-9-17/h5-16H,3-4H2,1-2H3. The number of hydrogen-bond donors (Lipinski definition) is 0. The Morgan fingerprint density at radius 3 is 2.31 bits per heavy atom. The number of anilines is 1. The van der Waals surface area contributed by atoms with Crippen LogP contribution in [0.15, 0.2) is 72.8 Å². The zero-order valence-corrected chi connectivity index (χ0v) is 17.3. The molecule has 3 aromatic carbocycles. The van der Waals surface area contributed by atoms with Crippen molar-refractivity contribution >= 4 is 32.7 Å². The highest BCUT2D eigenvalue weighted by molar-refractivity contribution is 7.22. The highest BCUT2D eigenvalue weighted by Gasteiger charge is 2.13. The fraction of sp³-hybridized carbons (Fsp3) is 0.167. The van der Waals surface area contributed by atoms with E-state index in [0.717, 1.165) is 39.6 Å². The van der Waals surface area contributed by atoms with E-state index in [-0.39, 0.29) is 5.97 Å². The van der Waals surface area contributed by atoms with Crippen molar-refractivity contribution in [3.63, 3.8) is 0 Å². The van der Waals surface area contributed by atoms with Gasteiger partial charge < -0.3 is 9.64 Å². The van der Waals surface area contributed by atoms with E-state index in [4.69, 9.17) is 4.74 Å². The normalized spacial score (nSPS) is 10.8. The van der Waals surface area contributed by atoms with Crippen molar-refractivity contribution in [1.29, 1.82) is 0 Å². The summed E-state index contributed by atoms with van der Waals surface area (Å²) < 4.78 is 6.61. The molecule has 0 saturated carbocycles. The fourth-order valence-corrected chi connectivity index (χ4v) is 4.30. The third kappa shape index (κ3) is 4.15. The molecule has 4 nitrogen and oxygen atoms in total. The number of fused-ring (bicyclic) bond motifs is 1. The van der Waals surface area contributed by atoms with Crippen molar-refractivity contribution in [3.8, 4) is 16.9 Å². The molecule has 1 aromatic heterocycles. The highest BCUT2D eigenvalue weighted by atomic mass is 32.1. The summed E-state index contributed by atoms with van der Waals surface area (Å²) in [5, 5.41) is 0.991. The smallest absolute Gasteiger partial charge is 0.343 e. The second-order valence-corrected chi connectivity index (χ2v) is 7.64. The number of ether oxygens (including phenoxy) is 1. The lowest BCUT2D eigenvalue weighted by Crippen LogP contribution is -2.21. The van der Waals surface area contributed by atoms with E-state index in [0.29, 0.717) is 11.3 Å². The molecule has 29 heavy (non-hydrogen) atoms. The third-order valence-corrected chi connectivity index (χ3v) is 5.90. The lowest BCUT2D eigenvalue weighted by Gasteiger charge is -2.16. The highest BCUT2D eigenvalue weighted by Crippen LogP contribution is 2.31. The molecule has 0 fully saturated rings. The number of esters is 1. The van der Waals surface area contributed by atoms with Crippen LogP contribution in [0.3, 0.4) is 0 Å². The second kappa shape index (κ2) is 8.45. The van der Waals surface area contributed by atoms with Crippen molar-refractivity contribution in [1.82, 2.24) is 4.98 Å². The van der Waals surface area contributed by atoms with Gasteiger partial charge in [-0.2, -0.15) is 0 Å². The molecule has 0 spiro atoms. The van der Waals surface area contributed by atoms with Crippen molar-refractivity contribution in [2.45, 2.75) is 13.8 Å². The van der Waals surface area contributed by atoms with Crippen LogP contribution in [0.25, 0.3) is 21.3 Å². The first-order valence-electron chi connectivity index (χ1n) is 9.71. The average Bonchev–Trinajstić information content (AvgIpc) is 3.18. The first kappa shape index (κ1) is 19.2. The number of carbonyl (C=O) groups excluding carboxylic acids is 1. The summed E-state index contributed by atoms with van der Waals surface area (Å²) in [6.45, 7) is 6.06. The maximum absolute atomic E-state index is 12.6. The van der Waals surface area contributed by atoms with Crippen LogP contribution in [0.4, 0.5) is 5.13 Å². The zero-order valence-electron chi connectivity index (χ0n) is 16.5. The fourth-order valence-electron chi connectivity index (χ4n) is 3.18. The molecule has 0 N–H and O–H groups in total. The van der Waals surface area contributed by atoms with Gasteiger partial charge in [0.15, 0.2) is 5.13 Å². The Hall–Kier alpha value is -3.18. The average molecular weight is 403 g/mol. The summed E-state index contributed by atoms with van der Waals surface area (Å²) in [4.78, 5) is 19.4. The van der Waals surface area contributed by atoms with E-state index in [1.165, 1.54) is 0 Å². The lowest BCUT2D eigenvalue weighted by atomic mass is 10.0. The molecule has 5 heteroatoms. The van der Waals surface area contributed by atoms with Crippen LogP contribution in [-0.2, 0) is 0 Å². The van der Waals surface area contributed by atoms with Gasteiger partial charge in [-0.05, 0) is 49.2 Å². The molecule has 0 amide bonds. The van der Waals surface area contributed by atoms with Gasteiger partial charge in [-0.15, -0.1) is 0 Å². The summed E-state index contributed by atoms with van der Waals surface area (Å²) >= 11 is 1.61. The Morgan fingerprint density at radius 1 is 0.931 bits per heavy atom. The van der Waals surface area contributed by atoms with Gasteiger partial charge in [0.2, 0.25) is 0 Å². The molecule has 0 saturated heterocycles. The molecular weight excluding hydrogens is 380 g/mol. The Labute approximate surface area is 174 Å². The monoisotopic (exact) mass is 402 g/mol. The van der Waals surface area contributed by atoms with E-state index in [9.17, 15) is 4.79 Å². The van der Waals surface area contributed by atoms with E-state index >= 15 is 0 Å². The molecule has 0 aliphatic carbocycles. The number of carbonyl (C=O) groups is 1. The molecule has 0 atom stereocenters. The minimum Gasteiger partial charge on any atom is -0.423 e. The van der Waals surface area contributed by atoms with Gasteiger partial charge in [-0.25, -0.2) is 9.78 Å². The minimum absolute atomic E-state index is 0.363. The Morgan fingerprint density at radius 2 is 1.62 bits per heavy atom. The number of benzene rings is 3. The maximum atomic E-state index is 12.6. The van der Waals surface area contributed by atoms with Crippen LogP contribution in [0.1, 0.15) is 24.2 Å². The van der Waals surface area contributed by atoms with Gasteiger partial charge in [-0.1, -0.05) is 53.8 Å². The molecule has 0 bridgehead atoms. The SMILES string of the molecule is CCN(CC)c1nc2ccc(OC(=O)c3ccc(-c4ccccc4)cc3)cc2s1. The van der Waals surface area contributed by atoms with Gasteiger partial charge in [0.05, 0.1) is 15.8 Å². The number of nitrogens with zero attached hydrogens (tertiary/aromatic N) is 2. The van der Waals surface area contributed by atoms with Crippen molar-refractivity contribution in [3.05, 3.63) is 78.4 Å². The van der Waals surface area contributed by atoms with Gasteiger partial charge in [0.25, 0.3) is 0 Å². The Bertz CT molecular complexity index is 1120. The van der Waals surface area contributed by atoms with Crippen LogP contribution in [0.2, 0.25) is 0 Å². The molecule has 146 valence electrons. The van der Waals surface area contributed by atoms with Crippen LogP contribution in [0.5, 0.6) is 5.75 Å². The summed E-state index contributed by atoms with van der Waals surface area (Å²) in [6.07, 6.45) is 0. The van der Waals surface area contributed by atoms with Gasteiger partial charge in [0.1, 0.15) is 5.75 Å².